The summed E-state index contributed by atoms with van der Waals surface area (Å²) in [5.41, 5.74) is 0.455. The molecule has 0 fully saturated rings. The fraction of sp³-hybridized carbons (Fsp3) is 0.462. The van der Waals surface area contributed by atoms with E-state index in [9.17, 15) is 4.79 Å². The molecule has 0 spiro atoms. The molecule has 1 atom stereocenters. The Morgan fingerprint density at radius 3 is 2.76 bits per heavy atom. The smallest absolute Gasteiger partial charge is 0.341 e. The molecule has 0 aliphatic heterocycles. The molecule has 0 radical (unpaired) electrons. The maximum absolute atomic E-state index is 11.7. The molecular formula is C13H17ClO3. The van der Waals surface area contributed by atoms with Crippen molar-refractivity contribution in [2.75, 3.05) is 19.1 Å². The molecule has 94 valence electrons. The molecule has 0 heterocycles. The maximum atomic E-state index is 11.7. The number of halogens is 1. The topological polar surface area (TPSA) is 35.5 Å². The van der Waals surface area contributed by atoms with Gasteiger partial charge >= 0.3 is 5.97 Å². The summed E-state index contributed by atoms with van der Waals surface area (Å²) in [5, 5.41) is 0. The molecule has 0 aromatic heterocycles. The van der Waals surface area contributed by atoms with E-state index in [1.165, 1.54) is 0 Å². The number of carbonyl (C=O) groups is 1. The van der Waals surface area contributed by atoms with Crippen molar-refractivity contribution in [2.24, 2.45) is 5.92 Å². The summed E-state index contributed by atoms with van der Waals surface area (Å²) in [5.74, 6) is 0.957. The van der Waals surface area contributed by atoms with Gasteiger partial charge in [-0.05, 0) is 19.1 Å². The summed E-state index contributed by atoms with van der Waals surface area (Å²) in [4.78, 5) is 11.7. The second-order valence-electron chi connectivity index (χ2n) is 3.79. The second-order valence-corrected chi connectivity index (χ2v) is 4.10. The number of alkyl halides is 1. The van der Waals surface area contributed by atoms with E-state index >= 15 is 0 Å². The van der Waals surface area contributed by atoms with Gasteiger partial charge in [0.2, 0.25) is 0 Å². The number of rotatable bonds is 6. The molecular weight excluding hydrogens is 240 g/mol. The van der Waals surface area contributed by atoms with E-state index in [1.54, 1.807) is 25.1 Å². The zero-order valence-electron chi connectivity index (χ0n) is 10.1. The first kappa shape index (κ1) is 13.8. The Morgan fingerprint density at radius 2 is 2.12 bits per heavy atom. The lowest BCUT2D eigenvalue weighted by molar-refractivity contribution is 0.0521. The fourth-order valence-electron chi connectivity index (χ4n) is 1.25. The summed E-state index contributed by atoms with van der Waals surface area (Å²) in [6, 6.07) is 7.05. The van der Waals surface area contributed by atoms with Crippen LogP contribution >= 0.6 is 11.6 Å². The third kappa shape index (κ3) is 4.27. The highest BCUT2D eigenvalue weighted by Gasteiger charge is 2.13. The molecule has 0 aliphatic rings. The van der Waals surface area contributed by atoms with Crippen LogP contribution in [0.5, 0.6) is 5.75 Å². The highest BCUT2D eigenvalue weighted by Crippen LogP contribution is 2.19. The van der Waals surface area contributed by atoms with Crippen molar-refractivity contribution >= 4 is 17.6 Å². The predicted octanol–water partition coefficient (Wildman–Crippen LogP) is 3.12. The van der Waals surface area contributed by atoms with E-state index in [1.807, 2.05) is 13.0 Å². The van der Waals surface area contributed by atoms with Crippen molar-refractivity contribution in [3.63, 3.8) is 0 Å². The summed E-state index contributed by atoms with van der Waals surface area (Å²) in [7, 11) is 0. The van der Waals surface area contributed by atoms with Gasteiger partial charge in [-0.1, -0.05) is 19.1 Å². The first-order chi connectivity index (χ1) is 8.19. The molecule has 1 unspecified atom stereocenters. The quantitative estimate of drug-likeness (QED) is 0.580. The van der Waals surface area contributed by atoms with Gasteiger partial charge in [-0.15, -0.1) is 11.6 Å². The van der Waals surface area contributed by atoms with E-state index in [0.717, 1.165) is 0 Å². The van der Waals surface area contributed by atoms with Crippen molar-refractivity contribution in [1.82, 2.24) is 0 Å². The molecule has 0 amide bonds. The molecule has 0 saturated heterocycles. The van der Waals surface area contributed by atoms with E-state index in [-0.39, 0.29) is 11.9 Å². The summed E-state index contributed by atoms with van der Waals surface area (Å²) < 4.78 is 10.5. The van der Waals surface area contributed by atoms with Crippen molar-refractivity contribution in [1.29, 1.82) is 0 Å². The summed E-state index contributed by atoms with van der Waals surface area (Å²) in [6.45, 7) is 4.60. The zero-order valence-corrected chi connectivity index (χ0v) is 10.9. The Balaban J connectivity index is 2.74. The van der Waals surface area contributed by atoms with Crippen LogP contribution in [0.1, 0.15) is 24.2 Å². The molecule has 1 aromatic rings. The van der Waals surface area contributed by atoms with Crippen LogP contribution in [-0.4, -0.2) is 25.1 Å². The van der Waals surface area contributed by atoms with Crippen LogP contribution in [0.2, 0.25) is 0 Å². The minimum atomic E-state index is -0.360. The minimum absolute atomic E-state index is 0.243. The monoisotopic (exact) mass is 256 g/mol. The van der Waals surface area contributed by atoms with Gasteiger partial charge < -0.3 is 9.47 Å². The number of carbonyl (C=O) groups excluding carboxylic acids is 1. The lowest BCUT2D eigenvalue weighted by Gasteiger charge is -2.13. The molecule has 4 heteroatoms. The van der Waals surface area contributed by atoms with Crippen LogP contribution < -0.4 is 4.74 Å². The predicted molar refractivity (Wildman–Crippen MR) is 67.8 cm³/mol. The van der Waals surface area contributed by atoms with E-state index in [0.29, 0.717) is 30.4 Å². The zero-order chi connectivity index (χ0) is 12.7. The van der Waals surface area contributed by atoms with Crippen LogP contribution in [-0.2, 0) is 4.74 Å². The molecule has 1 aromatic carbocycles. The van der Waals surface area contributed by atoms with Crippen molar-refractivity contribution < 1.29 is 14.3 Å². The summed E-state index contributed by atoms with van der Waals surface area (Å²) in [6.07, 6.45) is 0. The molecule has 1 rings (SSSR count). The molecule has 3 nitrogen and oxygen atoms in total. The van der Waals surface area contributed by atoms with Crippen molar-refractivity contribution in [3.05, 3.63) is 29.8 Å². The third-order valence-electron chi connectivity index (χ3n) is 2.17. The Labute approximate surface area is 107 Å². The van der Waals surface area contributed by atoms with Crippen LogP contribution in [0.15, 0.2) is 24.3 Å². The minimum Gasteiger partial charge on any atom is -0.492 e. The van der Waals surface area contributed by atoms with Gasteiger partial charge in [-0.3, -0.25) is 0 Å². The number of ether oxygens (including phenoxy) is 2. The highest BCUT2D eigenvalue weighted by molar-refractivity contribution is 6.18. The van der Waals surface area contributed by atoms with Gasteiger partial charge in [0, 0.05) is 11.8 Å². The largest absolute Gasteiger partial charge is 0.492 e. The average molecular weight is 257 g/mol. The summed E-state index contributed by atoms with van der Waals surface area (Å²) >= 11 is 5.70. The van der Waals surface area contributed by atoms with Crippen LogP contribution in [0.4, 0.5) is 0 Å². The number of hydrogen-bond donors (Lipinski definition) is 0. The standard InChI is InChI=1S/C13H17ClO3/c1-3-16-13(15)11-6-4-5-7-12(11)17-9-10(2)8-14/h4-7,10H,3,8-9H2,1-2H3. The lowest BCUT2D eigenvalue weighted by atomic mass is 10.2. The van der Waals surface area contributed by atoms with E-state index in [4.69, 9.17) is 21.1 Å². The Bertz CT molecular complexity index is 365. The molecule has 0 bridgehead atoms. The maximum Gasteiger partial charge on any atom is 0.341 e. The average Bonchev–Trinajstić information content (AvgIpc) is 2.36. The first-order valence-electron chi connectivity index (χ1n) is 5.64. The van der Waals surface area contributed by atoms with Crippen molar-refractivity contribution in [3.8, 4) is 5.75 Å². The SMILES string of the molecule is CCOC(=O)c1ccccc1OCC(C)CCl. The van der Waals surface area contributed by atoms with Gasteiger partial charge in [0.1, 0.15) is 11.3 Å². The number of para-hydroxylation sites is 1. The van der Waals surface area contributed by atoms with E-state index < -0.39 is 0 Å². The van der Waals surface area contributed by atoms with Gasteiger partial charge in [0.15, 0.2) is 0 Å². The van der Waals surface area contributed by atoms with Crippen molar-refractivity contribution in [2.45, 2.75) is 13.8 Å². The molecule has 0 saturated carbocycles. The Kier molecular flexibility index (Phi) is 5.84. The van der Waals surface area contributed by atoms with Crippen LogP contribution in [0, 0.1) is 5.92 Å². The number of benzene rings is 1. The van der Waals surface area contributed by atoms with Gasteiger partial charge in [-0.2, -0.15) is 0 Å². The lowest BCUT2D eigenvalue weighted by Crippen LogP contribution is -2.13. The van der Waals surface area contributed by atoms with Gasteiger partial charge in [-0.25, -0.2) is 4.79 Å². The molecule has 0 aliphatic carbocycles. The van der Waals surface area contributed by atoms with Crippen LogP contribution in [0.3, 0.4) is 0 Å². The second kappa shape index (κ2) is 7.17. The fourth-order valence-corrected chi connectivity index (χ4v) is 1.34. The van der Waals surface area contributed by atoms with Crippen LogP contribution in [0.25, 0.3) is 0 Å². The Hall–Kier alpha value is -1.22. The normalized spacial score (nSPS) is 11.9. The first-order valence-corrected chi connectivity index (χ1v) is 6.17. The van der Waals surface area contributed by atoms with E-state index in [2.05, 4.69) is 0 Å². The van der Waals surface area contributed by atoms with Gasteiger partial charge in [0.25, 0.3) is 0 Å². The highest BCUT2D eigenvalue weighted by atomic mass is 35.5. The molecule has 0 N–H and O–H groups in total. The molecule has 17 heavy (non-hydrogen) atoms. The number of esters is 1. The Morgan fingerprint density at radius 1 is 1.41 bits per heavy atom. The third-order valence-corrected chi connectivity index (χ3v) is 2.70. The number of hydrogen-bond acceptors (Lipinski definition) is 3. The van der Waals surface area contributed by atoms with Gasteiger partial charge in [0.05, 0.1) is 13.2 Å².